The van der Waals surface area contributed by atoms with Crippen LogP contribution in [0.4, 0.5) is 10.8 Å². The highest BCUT2D eigenvalue weighted by atomic mass is 32.2. The van der Waals surface area contributed by atoms with Crippen molar-refractivity contribution >= 4 is 39.8 Å². The Kier molecular flexibility index (Phi) is 6.20. The van der Waals surface area contributed by atoms with Gasteiger partial charge in [0.2, 0.25) is 11.1 Å². The second kappa shape index (κ2) is 9.03. The molecule has 2 heterocycles. The molecule has 2 aromatic heterocycles. The van der Waals surface area contributed by atoms with Crippen molar-refractivity contribution in [2.45, 2.75) is 38.6 Å². The summed E-state index contributed by atoms with van der Waals surface area (Å²) in [5.41, 5.74) is 6.27. The van der Waals surface area contributed by atoms with E-state index in [0.717, 1.165) is 28.3 Å². The molecule has 0 spiro atoms. The summed E-state index contributed by atoms with van der Waals surface area (Å²) < 4.78 is 0. The van der Waals surface area contributed by atoms with Crippen LogP contribution in [0.5, 0.6) is 0 Å². The second-order valence-corrected chi connectivity index (χ2v) is 9.14. The Morgan fingerprint density at radius 1 is 1.06 bits per heavy atom. The number of carbonyl (C=O) groups is 1. The maximum Gasteiger partial charge on any atom is 0.230 e. The molecule has 2 aromatic carbocycles. The average Bonchev–Trinajstić information content (AvgIpc) is 3.39. The van der Waals surface area contributed by atoms with Crippen molar-refractivity contribution in [1.82, 2.24) is 20.2 Å². The zero-order valence-corrected chi connectivity index (χ0v) is 19.5. The van der Waals surface area contributed by atoms with E-state index in [1.807, 2.05) is 42.6 Å². The van der Waals surface area contributed by atoms with Gasteiger partial charge in [-0.1, -0.05) is 47.7 Å². The van der Waals surface area contributed by atoms with E-state index in [0.29, 0.717) is 16.0 Å². The van der Waals surface area contributed by atoms with E-state index in [4.69, 9.17) is 0 Å². The van der Waals surface area contributed by atoms with Gasteiger partial charge in [0.25, 0.3) is 0 Å². The highest BCUT2D eigenvalue weighted by Crippen LogP contribution is 2.32. The highest BCUT2D eigenvalue weighted by molar-refractivity contribution is 7.98. The molecule has 8 heteroatoms. The van der Waals surface area contributed by atoms with Crippen molar-refractivity contribution < 1.29 is 4.79 Å². The van der Waals surface area contributed by atoms with Crippen molar-refractivity contribution in [3.8, 4) is 11.4 Å². The summed E-state index contributed by atoms with van der Waals surface area (Å²) in [4.78, 5) is 23.3. The Balaban J connectivity index is 1.46. The Hall–Kier alpha value is -2.97. The number of anilines is 2. The molecule has 0 atom stereocenters. The number of thioether (sulfide) groups is 1. The first-order valence-electron chi connectivity index (χ1n) is 9.85. The van der Waals surface area contributed by atoms with Crippen LogP contribution in [0, 0.1) is 20.8 Å². The van der Waals surface area contributed by atoms with Gasteiger partial charge in [-0.2, -0.15) is 0 Å². The molecule has 1 amide bonds. The van der Waals surface area contributed by atoms with Crippen molar-refractivity contribution in [1.29, 1.82) is 0 Å². The zero-order valence-electron chi connectivity index (χ0n) is 17.8. The predicted molar refractivity (Wildman–Crippen MR) is 127 cm³/mol. The summed E-state index contributed by atoms with van der Waals surface area (Å²) in [7, 11) is 0. The quantitative estimate of drug-likeness (QED) is 0.375. The van der Waals surface area contributed by atoms with Gasteiger partial charge in [0.15, 0.2) is 11.0 Å². The molecule has 4 rings (SSSR count). The van der Waals surface area contributed by atoms with Crippen LogP contribution in [-0.2, 0) is 10.5 Å². The summed E-state index contributed by atoms with van der Waals surface area (Å²) in [5, 5.41) is 10.6. The van der Waals surface area contributed by atoms with E-state index >= 15 is 0 Å². The lowest BCUT2D eigenvalue weighted by molar-refractivity contribution is -0.115. The number of carbonyl (C=O) groups excluding carboxylic acids is 1. The van der Waals surface area contributed by atoms with E-state index in [2.05, 4.69) is 46.1 Å². The molecule has 4 aromatic rings. The molecule has 0 fully saturated rings. The first kappa shape index (κ1) is 21.3. The normalized spacial score (nSPS) is 11.0. The molecule has 0 saturated carbocycles. The number of amides is 1. The van der Waals surface area contributed by atoms with Crippen LogP contribution in [-0.4, -0.2) is 26.1 Å². The number of aromatic nitrogens is 4. The van der Waals surface area contributed by atoms with Gasteiger partial charge < -0.3 is 0 Å². The van der Waals surface area contributed by atoms with Gasteiger partial charge in [0.1, 0.15) is 0 Å². The summed E-state index contributed by atoms with van der Waals surface area (Å²) in [6.07, 6.45) is 0. The maximum absolute atomic E-state index is 12.4. The van der Waals surface area contributed by atoms with Gasteiger partial charge in [-0.3, -0.25) is 14.8 Å². The van der Waals surface area contributed by atoms with Crippen LogP contribution in [0.15, 0.2) is 53.0 Å². The van der Waals surface area contributed by atoms with E-state index in [1.54, 1.807) is 11.8 Å². The second-order valence-electron chi connectivity index (χ2n) is 7.37. The third-order valence-corrected chi connectivity index (χ3v) is 6.69. The summed E-state index contributed by atoms with van der Waals surface area (Å²) in [6.45, 7) is 7.72. The summed E-state index contributed by atoms with van der Waals surface area (Å²) in [6, 6.07) is 14.2. The fraction of sp³-hybridized carbons (Fsp3) is 0.217. The smallest absolute Gasteiger partial charge is 0.230 e. The van der Waals surface area contributed by atoms with E-state index in [1.165, 1.54) is 34.2 Å². The molecular formula is C23H23N5OS2. The molecule has 1 N–H and O–H groups in total. The van der Waals surface area contributed by atoms with Crippen LogP contribution < -0.4 is 4.90 Å². The molecule has 31 heavy (non-hydrogen) atoms. The minimum atomic E-state index is -0.0616. The molecule has 0 aliphatic rings. The molecule has 158 valence electrons. The summed E-state index contributed by atoms with van der Waals surface area (Å²) in [5.74, 6) is 1.31. The van der Waals surface area contributed by atoms with Crippen LogP contribution in [0.3, 0.4) is 0 Å². The number of thiazole rings is 1. The Bertz CT molecular complexity index is 1210. The van der Waals surface area contributed by atoms with Crippen molar-refractivity contribution in [3.05, 3.63) is 70.2 Å². The fourth-order valence-corrected chi connectivity index (χ4v) is 4.73. The highest BCUT2D eigenvalue weighted by Gasteiger charge is 2.19. The van der Waals surface area contributed by atoms with Crippen LogP contribution in [0.1, 0.15) is 29.3 Å². The van der Waals surface area contributed by atoms with Gasteiger partial charge in [0.05, 0.1) is 11.4 Å². The van der Waals surface area contributed by atoms with E-state index < -0.39 is 0 Å². The number of benzene rings is 2. The van der Waals surface area contributed by atoms with Gasteiger partial charge >= 0.3 is 0 Å². The van der Waals surface area contributed by atoms with Crippen molar-refractivity contribution in [2.24, 2.45) is 0 Å². The lowest BCUT2D eigenvalue weighted by Crippen LogP contribution is -2.22. The van der Waals surface area contributed by atoms with Crippen molar-refractivity contribution in [2.75, 3.05) is 4.90 Å². The minimum Gasteiger partial charge on any atom is -0.274 e. The molecular weight excluding hydrogens is 426 g/mol. The van der Waals surface area contributed by atoms with Gasteiger partial charge in [0, 0.05) is 23.6 Å². The van der Waals surface area contributed by atoms with Crippen LogP contribution in [0.25, 0.3) is 11.4 Å². The lowest BCUT2D eigenvalue weighted by atomic mass is 10.1. The first-order chi connectivity index (χ1) is 14.9. The minimum absolute atomic E-state index is 0.0616. The predicted octanol–water partition coefficient (Wildman–Crippen LogP) is 5.83. The number of aryl methyl sites for hydroxylation is 3. The third-order valence-electron chi connectivity index (χ3n) is 4.93. The maximum atomic E-state index is 12.4. The summed E-state index contributed by atoms with van der Waals surface area (Å²) >= 11 is 2.97. The first-order valence-corrected chi connectivity index (χ1v) is 11.7. The fourth-order valence-electron chi connectivity index (χ4n) is 3.05. The zero-order chi connectivity index (χ0) is 22.0. The largest absolute Gasteiger partial charge is 0.274 e. The number of H-pyrrole nitrogens is 1. The standard InChI is InChI=1S/C23H23N5OS2/c1-14-5-8-18(9-6-14)21-25-22(27-26-21)30-12-19-13-31-23(24-19)28(17(4)29)20-10-7-15(2)16(3)11-20/h5-11,13H,12H2,1-4H3,(H,25,26,27). The number of hydrogen-bond acceptors (Lipinski definition) is 6. The van der Waals surface area contributed by atoms with E-state index in [9.17, 15) is 4.79 Å². The Labute approximate surface area is 189 Å². The Morgan fingerprint density at radius 3 is 2.55 bits per heavy atom. The number of nitrogens with one attached hydrogen (secondary N) is 1. The van der Waals surface area contributed by atoms with Gasteiger partial charge in [-0.15, -0.1) is 16.4 Å². The number of rotatable bonds is 6. The molecule has 0 aliphatic heterocycles. The molecule has 0 bridgehead atoms. The molecule has 0 radical (unpaired) electrons. The third kappa shape index (κ3) is 4.86. The number of nitrogens with zero attached hydrogens (tertiary/aromatic N) is 4. The number of hydrogen-bond donors (Lipinski definition) is 1. The molecule has 0 aliphatic carbocycles. The number of aromatic amines is 1. The lowest BCUT2D eigenvalue weighted by Gasteiger charge is -2.19. The molecule has 0 unspecified atom stereocenters. The molecule has 0 saturated heterocycles. The van der Waals surface area contributed by atoms with E-state index in [-0.39, 0.29) is 5.91 Å². The Morgan fingerprint density at radius 2 is 1.84 bits per heavy atom. The van der Waals surface area contributed by atoms with Crippen molar-refractivity contribution in [3.63, 3.8) is 0 Å². The molecule has 6 nitrogen and oxygen atoms in total. The monoisotopic (exact) mass is 449 g/mol. The topological polar surface area (TPSA) is 74.8 Å². The van der Waals surface area contributed by atoms with Crippen LogP contribution >= 0.6 is 23.1 Å². The van der Waals surface area contributed by atoms with Gasteiger partial charge in [-0.25, -0.2) is 9.97 Å². The SMILES string of the molecule is CC(=O)N(c1ccc(C)c(C)c1)c1nc(CSc2n[nH]c(-c3ccc(C)cc3)n2)cs1. The average molecular weight is 450 g/mol. The van der Waals surface area contributed by atoms with Gasteiger partial charge in [-0.05, 0) is 44.0 Å². The van der Waals surface area contributed by atoms with Crippen LogP contribution in [0.2, 0.25) is 0 Å².